The first-order valence-corrected chi connectivity index (χ1v) is 4.67. The minimum Gasteiger partial charge on any atom is -0.392 e. The van der Waals surface area contributed by atoms with Crippen LogP contribution >= 0.6 is 0 Å². The van der Waals surface area contributed by atoms with Gasteiger partial charge in [-0.25, -0.2) is 0 Å². The maximum absolute atomic E-state index is 9.50. The quantitative estimate of drug-likeness (QED) is 0.651. The molecule has 0 bridgehead atoms. The average molecular weight is 173 g/mol. The molecule has 1 rings (SSSR count). The minimum absolute atomic E-state index is 0.149. The minimum atomic E-state index is -0.149. The Morgan fingerprint density at radius 2 is 2.33 bits per heavy atom. The molecule has 0 radical (unpaired) electrons. The summed E-state index contributed by atoms with van der Waals surface area (Å²) in [4.78, 5) is 0. The number of methoxy groups -OCH3 is 1. The van der Waals surface area contributed by atoms with Gasteiger partial charge in [-0.1, -0.05) is 0 Å². The Morgan fingerprint density at radius 1 is 1.58 bits per heavy atom. The van der Waals surface area contributed by atoms with E-state index in [0.29, 0.717) is 12.6 Å². The Morgan fingerprint density at radius 3 is 2.83 bits per heavy atom. The van der Waals surface area contributed by atoms with E-state index in [-0.39, 0.29) is 12.1 Å². The molecule has 0 spiro atoms. The monoisotopic (exact) mass is 173 g/mol. The van der Waals surface area contributed by atoms with Crippen molar-refractivity contribution in [1.29, 1.82) is 0 Å². The molecule has 12 heavy (non-hydrogen) atoms. The van der Waals surface area contributed by atoms with E-state index in [1.165, 1.54) is 0 Å². The molecule has 0 aromatic carbocycles. The predicted molar refractivity (Wildman–Crippen MR) is 48.1 cm³/mol. The zero-order valence-corrected chi connectivity index (χ0v) is 7.92. The third kappa shape index (κ3) is 2.73. The van der Waals surface area contributed by atoms with Crippen LogP contribution in [0.3, 0.4) is 0 Å². The van der Waals surface area contributed by atoms with E-state index in [9.17, 15) is 5.11 Å². The first-order valence-electron chi connectivity index (χ1n) is 4.67. The zero-order valence-electron chi connectivity index (χ0n) is 7.92. The molecule has 0 aliphatic heterocycles. The average Bonchev–Trinajstić information content (AvgIpc) is 2.37. The lowest BCUT2D eigenvalue weighted by Crippen LogP contribution is -2.43. The fraction of sp³-hybridized carbons (Fsp3) is 1.00. The summed E-state index contributed by atoms with van der Waals surface area (Å²) >= 11 is 0. The Balaban J connectivity index is 2.20. The second-order valence-corrected chi connectivity index (χ2v) is 3.63. The Hall–Kier alpha value is -0.120. The molecule has 0 saturated heterocycles. The lowest BCUT2D eigenvalue weighted by atomic mass is 10.2. The molecule has 0 aromatic rings. The van der Waals surface area contributed by atoms with E-state index in [2.05, 4.69) is 12.2 Å². The SMILES string of the molecule is COCC(C)N[C@H]1CCC[C@@H]1O. The maximum Gasteiger partial charge on any atom is 0.0693 e. The Bertz CT molecular complexity index is 130. The van der Waals surface area contributed by atoms with Crippen LogP contribution in [-0.4, -0.2) is 37.0 Å². The smallest absolute Gasteiger partial charge is 0.0693 e. The molecular formula is C9H19NO2. The largest absolute Gasteiger partial charge is 0.392 e. The molecule has 0 amide bonds. The van der Waals surface area contributed by atoms with E-state index in [0.717, 1.165) is 19.3 Å². The molecule has 1 saturated carbocycles. The third-order valence-corrected chi connectivity index (χ3v) is 2.39. The fourth-order valence-electron chi connectivity index (χ4n) is 1.80. The Labute approximate surface area is 74.1 Å². The van der Waals surface area contributed by atoms with Crippen LogP contribution in [0.4, 0.5) is 0 Å². The Kier molecular flexibility index (Phi) is 3.98. The van der Waals surface area contributed by atoms with Gasteiger partial charge in [0.05, 0.1) is 12.7 Å². The predicted octanol–water partition coefficient (Wildman–Crippen LogP) is 0.524. The van der Waals surface area contributed by atoms with Gasteiger partial charge in [0.1, 0.15) is 0 Å². The molecule has 1 aliphatic rings. The fourth-order valence-corrected chi connectivity index (χ4v) is 1.80. The summed E-state index contributed by atoms with van der Waals surface area (Å²) in [7, 11) is 1.70. The van der Waals surface area contributed by atoms with Gasteiger partial charge < -0.3 is 15.2 Å². The number of aliphatic hydroxyl groups excluding tert-OH is 1. The highest BCUT2D eigenvalue weighted by Gasteiger charge is 2.25. The second kappa shape index (κ2) is 4.80. The van der Waals surface area contributed by atoms with Crippen LogP contribution < -0.4 is 5.32 Å². The van der Waals surface area contributed by atoms with Crippen LogP contribution in [0.1, 0.15) is 26.2 Å². The molecule has 1 unspecified atom stereocenters. The number of aliphatic hydroxyl groups is 1. The van der Waals surface area contributed by atoms with Crippen LogP contribution in [0.25, 0.3) is 0 Å². The van der Waals surface area contributed by atoms with Crippen molar-refractivity contribution in [3.8, 4) is 0 Å². The zero-order chi connectivity index (χ0) is 8.97. The highest BCUT2D eigenvalue weighted by Crippen LogP contribution is 2.18. The van der Waals surface area contributed by atoms with Crippen molar-refractivity contribution in [1.82, 2.24) is 5.32 Å². The second-order valence-electron chi connectivity index (χ2n) is 3.63. The number of ether oxygens (including phenoxy) is 1. The summed E-state index contributed by atoms with van der Waals surface area (Å²) in [6.07, 6.45) is 3.02. The standard InChI is InChI=1S/C9H19NO2/c1-7(6-12-2)10-8-4-3-5-9(8)11/h7-11H,3-6H2,1-2H3/t7?,8-,9-/m0/s1. The summed E-state index contributed by atoms with van der Waals surface area (Å²) in [5, 5.41) is 12.9. The van der Waals surface area contributed by atoms with Crippen LogP contribution in [0.15, 0.2) is 0 Å². The molecule has 2 N–H and O–H groups in total. The molecule has 3 atom stereocenters. The number of nitrogens with one attached hydrogen (secondary N) is 1. The summed E-state index contributed by atoms with van der Waals surface area (Å²) < 4.78 is 5.01. The van der Waals surface area contributed by atoms with Gasteiger partial charge in [-0.2, -0.15) is 0 Å². The van der Waals surface area contributed by atoms with Crippen molar-refractivity contribution in [3.05, 3.63) is 0 Å². The van der Waals surface area contributed by atoms with E-state index in [4.69, 9.17) is 4.74 Å². The maximum atomic E-state index is 9.50. The van der Waals surface area contributed by atoms with Crippen molar-refractivity contribution in [2.45, 2.75) is 44.4 Å². The van der Waals surface area contributed by atoms with Crippen molar-refractivity contribution >= 4 is 0 Å². The van der Waals surface area contributed by atoms with Gasteiger partial charge in [0.2, 0.25) is 0 Å². The lowest BCUT2D eigenvalue weighted by Gasteiger charge is -2.21. The highest BCUT2D eigenvalue weighted by atomic mass is 16.5. The van der Waals surface area contributed by atoms with Gasteiger partial charge in [-0.3, -0.25) is 0 Å². The molecule has 1 aliphatic carbocycles. The van der Waals surface area contributed by atoms with Gasteiger partial charge in [-0.15, -0.1) is 0 Å². The highest BCUT2D eigenvalue weighted by molar-refractivity contribution is 4.84. The van der Waals surface area contributed by atoms with E-state index < -0.39 is 0 Å². The van der Waals surface area contributed by atoms with Gasteiger partial charge in [-0.05, 0) is 26.2 Å². The number of rotatable bonds is 4. The van der Waals surface area contributed by atoms with Crippen molar-refractivity contribution in [2.75, 3.05) is 13.7 Å². The third-order valence-electron chi connectivity index (χ3n) is 2.39. The molecular weight excluding hydrogens is 154 g/mol. The first kappa shape index (κ1) is 9.96. The summed E-state index contributed by atoms with van der Waals surface area (Å²) in [5.74, 6) is 0. The molecule has 0 aromatic heterocycles. The first-order chi connectivity index (χ1) is 5.74. The molecule has 3 nitrogen and oxygen atoms in total. The van der Waals surface area contributed by atoms with Crippen LogP contribution in [0.2, 0.25) is 0 Å². The van der Waals surface area contributed by atoms with Gasteiger partial charge in [0, 0.05) is 19.2 Å². The van der Waals surface area contributed by atoms with Gasteiger partial charge in [0.15, 0.2) is 0 Å². The van der Waals surface area contributed by atoms with E-state index in [1.54, 1.807) is 7.11 Å². The van der Waals surface area contributed by atoms with Crippen molar-refractivity contribution in [2.24, 2.45) is 0 Å². The molecule has 1 fully saturated rings. The summed E-state index contributed by atoms with van der Waals surface area (Å²) in [6, 6.07) is 0.628. The normalized spacial score (nSPS) is 32.2. The molecule has 72 valence electrons. The summed E-state index contributed by atoms with van der Waals surface area (Å²) in [5.41, 5.74) is 0. The lowest BCUT2D eigenvalue weighted by molar-refractivity contribution is 0.122. The van der Waals surface area contributed by atoms with Crippen LogP contribution in [0, 0.1) is 0 Å². The van der Waals surface area contributed by atoms with E-state index >= 15 is 0 Å². The number of hydrogen-bond acceptors (Lipinski definition) is 3. The topological polar surface area (TPSA) is 41.5 Å². The number of hydrogen-bond donors (Lipinski definition) is 2. The summed E-state index contributed by atoms with van der Waals surface area (Å²) in [6.45, 7) is 2.79. The van der Waals surface area contributed by atoms with Gasteiger partial charge >= 0.3 is 0 Å². The van der Waals surface area contributed by atoms with Crippen LogP contribution in [-0.2, 0) is 4.74 Å². The van der Waals surface area contributed by atoms with Crippen molar-refractivity contribution in [3.63, 3.8) is 0 Å². The van der Waals surface area contributed by atoms with Gasteiger partial charge in [0.25, 0.3) is 0 Å². The van der Waals surface area contributed by atoms with Crippen molar-refractivity contribution < 1.29 is 9.84 Å². The molecule has 0 heterocycles. The molecule has 3 heteroatoms. The van der Waals surface area contributed by atoms with E-state index in [1.807, 2.05) is 0 Å². The van der Waals surface area contributed by atoms with Crippen LogP contribution in [0.5, 0.6) is 0 Å².